The van der Waals surface area contributed by atoms with Gasteiger partial charge in [-0.1, -0.05) is 27.2 Å². The van der Waals surface area contributed by atoms with E-state index in [1.165, 1.54) is 0 Å². The van der Waals surface area contributed by atoms with Crippen molar-refractivity contribution in [3.63, 3.8) is 0 Å². The van der Waals surface area contributed by atoms with Crippen LogP contribution in [0.3, 0.4) is 0 Å². The van der Waals surface area contributed by atoms with E-state index in [4.69, 9.17) is 4.74 Å². The third-order valence-corrected chi connectivity index (χ3v) is 3.40. The van der Waals surface area contributed by atoms with E-state index in [2.05, 4.69) is 20.8 Å². The Balaban J connectivity index is 2.51. The van der Waals surface area contributed by atoms with Crippen molar-refractivity contribution in [2.75, 3.05) is 0 Å². The summed E-state index contributed by atoms with van der Waals surface area (Å²) in [5.74, 6) is 1.09. The zero-order valence-electron chi connectivity index (χ0n) is 9.16. The summed E-state index contributed by atoms with van der Waals surface area (Å²) < 4.78 is 5.71. The van der Waals surface area contributed by atoms with Crippen LogP contribution in [0.25, 0.3) is 0 Å². The Labute approximate surface area is 82.1 Å². The van der Waals surface area contributed by atoms with E-state index < -0.39 is 0 Å². The number of aliphatic hydroxyl groups excluding tert-OH is 1. The molecule has 1 aliphatic heterocycles. The predicted octanol–water partition coefficient (Wildman–Crippen LogP) is 0.778. The molecule has 4 unspecified atom stereocenters. The standard InChI is InChI=1S/C10H21BO2/c1-4-6(2)7(3)10-8(12)5-9(11)13-10/h6-10,12H,4-5,11H2,1-3H3/t6?,7?,8?,9-,10?/m1/s1. The van der Waals surface area contributed by atoms with Gasteiger partial charge in [0, 0.05) is 6.00 Å². The minimum Gasteiger partial charge on any atom is -0.390 e. The van der Waals surface area contributed by atoms with Crippen molar-refractivity contribution in [2.24, 2.45) is 11.8 Å². The fraction of sp³-hybridized carbons (Fsp3) is 1.00. The minimum atomic E-state index is -0.251. The van der Waals surface area contributed by atoms with Gasteiger partial charge in [-0.3, -0.25) is 0 Å². The second kappa shape index (κ2) is 4.47. The first-order valence-corrected chi connectivity index (χ1v) is 5.39. The molecular weight excluding hydrogens is 163 g/mol. The Morgan fingerprint density at radius 2 is 2.15 bits per heavy atom. The SMILES string of the molecule is B[C@H]1CC(O)C(C(C)C(C)CC)O1. The van der Waals surface area contributed by atoms with Crippen molar-refractivity contribution in [3.05, 3.63) is 0 Å². The van der Waals surface area contributed by atoms with E-state index in [0.717, 1.165) is 12.8 Å². The Kier molecular flexibility index (Phi) is 3.80. The fourth-order valence-electron chi connectivity index (χ4n) is 2.06. The Morgan fingerprint density at radius 3 is 2.54 bits per heavy atom. The number of ether oxygens (including phenoxy) is 1. The van der Waals surface area contributed by atoms with Gasteiger partial charge in [0.1, 0.15) is 7.85 Å². The molecule has 76 valence electrons. The molecule has 0 saturated carbocycles. The minimum absolute atomic E-state index is 0.0601. The summed E-state index contributed by atoms with van der Waals surface area (Å²) in [5, 5.41) is 9.75. The van der Waals surface area contributed by atoms with Gasteiger partial charge in [0.2, 0.25) is 0 Å². The Hall–Kier alpha value is -0.0151. The van der Waals surface area contributed by atoms with Crippen molar-refractivity contribution in [2.45, 2.75) is 51.8 Å². The van der Waals surface area contributed by atoms with E-state index in [0.29, 0.717) is 11.8 Å². The normalized spacial score (nSPS) is 38.9. The first-order chi connectivity index (χ1) is 6.06. The van der Waals surface area contributed by atoms with Gasteiger partial charge in [-0.15, -0.1) is 0 Å². The van der Waals surface area contributed by atoms with E-state index in [1.807, 2.05) is 7.85 Å². The van der Waals surface area contributed by atoms with Gasteiger partial charge in [-0.05, 0) is 18.3 Å². The highest BCUT2D eigenvalue weighted by Gasteiger charge is 2.36. The molecule has 0 aromatic carbocycles. The van der Waals surface area contributed by atoms with Crippen LogP contribution in [-0.2, 0) is 4.74 Å². The first kappa shape index (κ1) is 11.1. The molecule has 1 aliphatic rings. The molecule has 5 atom stereocenters. The van der Waals surface area contributed by atoms with Gasteiger partial charge in [-0.2, -0.15) is 0 Å². The molecule has 1 fully saturated rings. The molecular formula is C10H21BO2. The summed E-state index contributed by atoms with van der Waals surface area (Å²) in [7, 11) is 2.03. The van der Waals surface area contributed by atoms with Crippen molar-refractivity contribution < 1.29 is 9.84 Å². The lowest BCUT2D eigenvalue weighted by molar-refractivity contribution is -0.0173. The molecule has 0 spiro atoms. The molecule has 2 nitrogen and oxygen atoms in total. The van der Waals surface area contributed by atoms with E-state index in [1.54, 1.807) is 0 Å². The third kappa shape index (κ3) is 2.47. The maximum atomic E-state index is 9.75. The van der Waals surface area contributed by atoms with Crippen molar-refractivity contribution in [3.8, 4) is 0 Å². The molecule has 0 amide bonds. The lowest BCUT2D eigenvalue weighted by atomic mass is 9.86. The van der Waals surface area contributed by atoms with Crippen LogP contribution in [0.1, 0.15) is 33.6 Å². The maximum absolute atomic E-state index is 9.75. The van der Waals surface area contributed by atoms with Crippen LogP contribution >= 0.6 is 0 Å². The van der Waals surface area contributed by atoms with Crippen LogP contribution in [-0.4, -0.2) is 31.2 Å². The summed E-state index contributed by atoms with van der Waals surface area (Å²) in [5.41, 5.74) is 0. The molecule has 0 aliphatic carbocycles. The second-order valence-corrected chi connectivity index (χ2v) is 4.46. The number of hydrogen-bond donors (Lipinski definition) is 1. The van der Waals surface area contributed by atoms with Gasteiger partial charge in [0.05, 0.1) is 12.2 Å². The number of rotatable bonds is 3. The molecule has 3 heteroatoms. The summed E-state index contributed by atoms with van der Waals surface area (Å²) in [6.45, 7) is 6.59. The van der Waals surface area contributed by atoms with Crippen molar-refractivity contribution in [1.82, 2.24) is 0 Å². The number of aliphatic hydroxyl groups is 1. The predicted molar refractivity (Wildman–Crippen MR) is 56.4 cm³/mol. The van der Waals surface area contributed by atoms with Gasteiger partial charge < -0.3 is 9.84 Å². The quantitative estimate of drug-likeness (QED) is 0.656. The lowest BCUT2D eigenvalue weighted by Crippen LogP contribution is -2.32. The molecule has 0 radical (unpaired) electrons. The first-order valence-electron chi connectivity index (χ1n) is 5.39. The zero-order valence-corrected chi connectivity index (χ0v) is 9.16. The van der Waals surface area contributed by atoms with E-state index in [-0.39, 0.29) is 18.2 Å². The van der Waals surface area contributed by atoms with Crippen LogP contribution in [0.4, 0.5) is 0 Å². The smallest absolute Gasteiger partial charge is 0.139 e. The maximum Gasteiger partial charge on any atom is 0.139 e. The Morgan fingerprint density at radius 1 is 1.54 bits per heavy atom. The highest BCUT2D eigenvalue weighted by atomic mass is 16.5. The van der Waals surface area contributed by atoms with Gasteiger partial charge in [0.25, 0.3) is 0 Å². The molecule has 1 saturated heterocycles. The topological polar surface area (TPSA) is 29.5 Å². The van der Waals surface area contributed by atoms with Crippen molar-refractivity contribution >= 4 is 7.85 Å². The van der Waals surface area contributed by atoms with Gasteiger partial charge in [-0.25, -0.2) is 0 Å². The summed E-state index contributed by atoms with van der Waals surface area (Å²) in [6, 6.07) is 0.228. The van der Waals surface area contributed by atoms with Crippen LogP contribution in [0, 0.1) is 11.8 Å². The fourth-order valence-corrected chi connectivity index (χ4v) is 2.06. The molecule has 1 heterocycles. The monoisotopic (exact) mass is 184 g/mol. The average molecular weight is 184 g/mol. The van der Waals surface area contributed by atoms with E-state index in [9.17, 15) is 5.11 Å². The van der Waals surface area contributed by atoms with E-state index >= 15 is 0 Å². The number of hydrogen-bond acceptors (Lipinski definition) is 2. The van der Waals surface area contributed by atoms with Crippen LogP contribution in [0.5, 0.6) is 0 Å². The van der Waals surface area contributed by atoms with Gasteiger partial charge in [0.15, 0.2) is 0 Å². The molecule has 0 bridgehead atoms. The summed E-state index contributed by atoms with van der Waals surface area (Å²) in [6.07, 6.45) is 1.76. The van der Waals surface area contributed by atoms with Crippen molar-refractivity contribution in [1.29, 1.82) is 0 Å². The highest BCUT2D eigenvalue weighted by molar-refractivity contribution is 6.11. The molecule has 0 aromatic rings. The lowest BCUT2D eigenvalue weighted by Gasteiger charge is -2.26. The molecule has 13 heavy (non-hydrogen) atoms. The molecule has 0 aromatic heterocycles. The second-order valence-electron chi connectivity index (χ2n) is 4.46. The van der Waals surface area contributed by atoms with Crippen LogP contribution in [0.15, 0.2) is 0 Å². The molecule has 1 rings (SSSR count). The zero-order chi connectivity index (χ0) is 10.0. The molecule has 1 N–H and O–H groups in total. The third-order valence-electron chi connectivity index (χ3n) is 3.40. The summed E-state index contributed by atoms with van der Waals surface area (Å²) >= 11 is 0. The van der Waals surface area contributed by atoms with Gasteiger partial charge >= 0.3 is 0 Å². The largest absolute Gasteiger partial charge is 0.390 e. The summed E-state index contributed by atoms with van der Waals surface area (Å²) in [4.78, 5) is 0. The average Bonchev–Trinajstić information content (AvgIpc) is 2.42. The van der Waals surface area contributed by atoms with Crippen LogP contribution < -0.4 is 0 Å². The Bertz CT molecular complexity index is 163. The highest BCUT2D eigenvalue weighted by Crippen LogP contribution is 2.29. The van der Waals surface area contributed by atoms with Crippen LogP contribution in [0.2, 0.25) is 0 Å².